The van der Waals surface area contributed by atoms with E-state index in [1.54, 1.807) is 24.1 Å². The highest BCUT2D eigenvalue weighted by Crippen LogP contribution is 2.38. The van der Waals surface area contributed by atoms with Gasteiger partial charge in [0.1, 0.15) is 0 Å². The van der Waals surface area contributed by atoms with Crippen molar-refractivity contribution in [2.45, 2.75) is 49.0 Å². The Labute approximate surface area is 176 Å². The zero-order valence-corrected chi connectivity index (χ0v) is 17.7. The van der Waals surface area contributed by atoms with Crippen molar-refractivity contribution < 1.29 is 22.7 Å². The number of nitrogens with two attached hydrogens (primary N) is 1. The summed E-state index contributed by atoms with van der Waals surface area (Å²) in [5.41, 5.74) is 1.53. The average Bonchev–Trinajstić information content (AvgIpc) is 3.37. The van der Waals surface area contributed by atoms with Crippen LogP contribution in [0, 0.1) is 0 Å². The van der Waals surface area contributed by atoms with E-state index in [0.717, 1.165) is 18.4 Å². The van der Waals surface area contributed by atoms with E-state index >= 15 is 0 Å². The third-order valence-corrected chi connectivity index (χ3v) is 6.75. The maximum Gasteiger partial charge on any atom is 0.238 e. The molecule has 2 N–H and O–H groups in total. The molecule has 2 aromatic rings. The Morgan fingerprint density at radius 3 is 2.53 bits per heavy atom. The first kappa shape index (κ1) is 20.7. The summed E-state index contributed by atoms with van der Waals surface area (Å²) in [5, 5.41) is 5.23. The van der Waals surface area contributed by atoms with Gasteiger partial charge in [-0.25, -0.2) is 13.6 Å². The number of sulfonamides is 1. The van der Waals surface area contributed by atoms with Gasteiger partial charge in [0.25, 0.3) is 0 Å². The van der Waals surface area contributed by atoms with E-state index in [9.17, 15) is 13.2 Å². The summed E-state index contributed by atoms with van der Waals surface area (Å²) in [6, 6.07) is 12.0. The van der Waals surface area contributed by atoms with E-state index in [1.165, 1.54) is 25.0 Å². The van der Waals surface area contributed by atoms with E-state index in [2.05, 4.69) is 0 Å². The largest absolute Gasteiger partial charge is 0.493 e. The number of rotatable bonds is 6. The predicted octanol–water partition coefficient (Wildman–Crippen LogP) is 3.18. The predicted molar refractivity (Wildman–Crippen MR) is 113 cm³/mol. The number of methoxy groups -OCH3 is 1. The number of hydrogen-bond donors (Lipinski definition) is 1. The van der Waals surface area contributed by atoms with Crippen molar-refractivity contribution in [2.24, 2.45) is 5.14 Å². The third-order valence-electron chi connectivity index (χ3n) is 5.84. The molecule has 0 radical (unpaired) electrons. The Kier molecular flexibility index (Phi) is 5.71. The van der Waals surface area contributed by atoms with Crippen LogP contribution in [0.25, 0.3) is 0 Å². The Balaban J connectivity index is 1.56. The second-order valence-electron chi connectivity index (χ2n) is 7.88. The maximum absolute atomic E-state index is 12.7. The molecule has 7 nitrogen and oxygen atoms in total. The molecule has 0 spiro atoms. The van der Waals surface area contributed by atoms with Gasteiger partial charge >= 0.3 is 0 Å². The molecule has 4 rings (SSSR count). The van der Waals surface area contributed by atoms with Crippen LogP contribution in [0.2, 0.25) is 0 Å². The van der Waals surface area contributed by atoms with Gasteiger partial charge in [-0.1, -0.05) is 12.1 Å². The SMILES string of the molecule is COc1ccc([C@@H]2CC(=O)N(c3cccc(S(N)(=O)=O)c3)C2)cc1OC1CCCC1. The first-order valence-electron chi connectivity index (χ1n) is 10.1. The van der Waals surface area contributed by atoms with Crippen molar-refractivity contribution >= 4 is 21.6 Å². The van der Waals surface area contributed by atoms with Crippen molar-refractivity contribution in [3.05, 3.63) is 48.0 Å². The molecule has 1 aliphatic carbocycles. The van der Waals surface area contributed by atoms with E-state index in [-0.39, 0.29) is 22.8 Å². The molecule has 30 heavy (non-hydrogen) atoms. The maximum atomic E-state index is 12.7. The Morgan fingerprint density at radius 1 is 1.07 bits per heavy atom. The van der Waals surface area contributed by atoms with Crippen LogP contribution in [0.4, 0.5) is 5.69 Å². The monoisotopic (exact) mass is 430 g/mol. The molecule has 160 valence electrons. The summed E-state index contributed by atoms with van der Waals surface area (Å²) in [6.45, 7) is 0.460. The molecular weight excluding hydrogens is 404 g/mol. The zero-order valence-electron chi connectivity index (χ0n) is 16.9. The van der Waals surface area contributed by atoms with Crippen LogP contribution in [0.15, 0.2) is 47.4 Å². The molecule has 2 aliphatic rings. The Hall–Kier alpha value is -2.58. The molecule has 1 heterocycles. The molecule has 1 saturated heterocycles. The van der Waals surface area contributed by atoms with Crippen LogP contribution in [0.3, 0.4) is 0 Å². The molecular formula is C22H26N2O5S. The number of ether oxygens (including phenoxy) is 2. The van der Waals surface area contributed by atoms with Crippen molar-refractivity contribution in [1.29, 1.82) is 0 Å². The smallest absolute Gasteiger partial charge is 0.238 e. The van der Waals surface area contributed by atoms with Crippen molar-refractivity contribution in [3.63, 3.8) is 0 Å². The Bertz CT molecular complexity index is 1050. The van der Waals surface area contributed by atoms with Crippen molar-refractivity contribution in [1.82, 2.24) is 0 Å². The first-order valence-corrected chi connectivity index (χ1v) is 11.7. The van der Waals surface area contributed by atoms with Crippen LogP contribution in [-0.4, -0.2) is 34.1 Å². The quantitative estimate of drug-likeness (QED) is 0.759. The third kappa shape index (κ3) is 4.29. The lowest BCUT2D eigenvalue weighted by Gasteiger charge is -2.19. The number of amides is 1. The number of hydrogen-bond acceptors (Lipinski definition) is 5. The van der Waals surface area contributed by atoms with Crippen LogP contribution in [-0.2, 0) is 14.8 Å². The second kappa shape index (κ2) is 8.28. The molecule has 1 amide bonds. The fourth-order valence-electron chi connectivity index (χ4n) is 4.23. The topological polar surface area (TPSA) is 98.9 Å². The van der Waals surface area contributed by atoms with Crippen LogP contribution in [0.1, 0.15) is 43.6 Å². The highest BCUT2D eigenvalue weighted by molar-refractivity contribution is 7.89. The van der Waals surface area contributed by atoms with E-state index in [1.807, 2.05) is 18.2 Å². The standard InChI is InChI=1S/C22H26N2O5S/c1-28-20-10-9-15(11-21(20)29-18-6-2-3-7-18)16-12-22(25)24(14-16)17-5-4-8-19(13-17)30(23,26)27/h4-5,8-11,13,16,18H,2-3,6-7,12,14H2,1H3,(H2,23,26,27)/t16-/m1/s1. The van der Waals surface area contributed by atoms with Crippen LogP contribution < -0.4 is 19.5 Å². The van der Waals surface area contributed by atoms with Gasteiger partial charge in [0.2, 0.25) is 15.9 Å². The Morgan fingerprint density at radius 2 is 1.83 bits per heavy atom. The van der Waals surface area contributed by atoms with Gasteiger partial charge in [0, 0.05) is 24.6 Å². The van der Waals surface area contributed by atoms with Crippen molar-refractivity contribution in [2.75, 3.05) is 18.6 Å². The zero-order chi connectivity index (χ0) is 21.3. The number of benzene rings is 2. The molecule has 1 aliphatic heterocycles. The summed E-state index contributed by atoms with van der Waals surface area (Å²) in [4.78, 5) is 14.3. The van der Waals surface area contributed by atoms with Crippen LogP contribution >= 0.6 is 0 Å². The molecule has 0 unspecified atom stereocenters. The molecule has 2 fully saturated rings. The average molecular weight is 431 g/mol. The van der Waals surface area contributed by atoms with Gasteiger partial charge in [-0.2, -0.15) is 0 Å². The number of carbonyl (C=O) groups is 1. The molecule has 1 atom stereocenters. The van der Waals surface area contributed by atoms with E-state index < -0.39 is 10.0 Å². The molecule has 1 saturated carbocycles. The summed E-state index contributed by atoms with van der Waals surface area (Å²) in [5.74, 6) is 1.32. The fraction of sp³-hybridized carbons (Fsp3) is 0.409. The first-order chi connectivity index (χ1) is 14.3. The highest BCUT2D eigenvalue weighted by Gasteiger charge is 2.32. The minimum absolute atomic E-state index is 0.00653. The lowest BCUT2D eigenvalue weighted by Crippen LogP contribution is -2.24. The summed E-state index contributed by atoms with van der Waals surface area (Å²) in [7, 11) is -2.21. The number of anilines is 1. The number of primary sulfonamides is 1. The van der Waals surface area contributed by atoms with Gasteiger partial charge < -0.3 is 14.4 Å². The van der Waals surface area contributed by atoms with Gasteiger partial charge in [0.15, 0.2) is 11.5 Å². The van der Waals surface area contributed by atoms with E-state index in [0.29, 0.717) is 30.2 Å². The highest BCUT2D eigenvalue weighted by atomic mass is 32.2. The minimum atomic E-state index is -3.83. The summed E-state index contributed by atoms with van der Waals surface area (Å²) < 4.78 is 35.0. The summed E-state index contributed by atoms with van der Waals surface area (Å²) in [6.07, 6.45) is 4.99. The van der Waals surface area contributed by atoms with Gasteiger partial charge in [0.05, 0.1) is 18.1 Å². The molecule has 0 aromatic heterocycles. The van der Waals surface area contributed by atoms with Gasteiger partial charge in [-0.15, -0.1) is 0 Å². The normalized spacial score (nSPS) is 20.0. The lowest BCUT2D eigenvalue weighted by atomic mass is 9.98. The molecule has 0 bridgehead atoms. The van der Waals surface area contributed by atoms with E-state index in [4.69, 9.17) is 14.6 Å². The summed E-state index contributed by atoms with van der Waals surface area (Å²) >= 11 is 0. The van der Waals surface area contributed by atoms with Gasteiger partial charge in [-0.3, -0.25) is 4.79 Å². The fourth-order valence-corrected chi connectivity index (χ4v) is 4.79. The lowest BCUT2D eigenvalue weighted by molar-refractivity contribution is -0.117. The number of carbonyl (C=O) groups excluding carboxylic acids is 1. The molecule has 2 aromatic carbocycles. The van der Waals surface area contributed by atoms with Crippen LogP contribution in [0.5, 0.6) is 11.5 Å². The minimum Gasteiger partial charge on any atom is -0.493 e. The van der Waals surface area contributed by atoms with Crippen molar-refractivity contribution in [3.8, 4) is 11.5 Å². The van der Waals surface area contributed by atoms with Gasteiger partial charge in [-0.05, 0) is 61.6 Å². The number of nitrogens with zero attached hydrogens (tertiary/aromatic N) is 1. The molecule has 8 heteroatoms. The second-order valence-corrected chi connectivity index (χ2v) is 9.44.